The average molecular weight is 437 g/mol. The predicted octanol–water partition coefficient (Wildman–Crippen LogP) is 5.95. The minimum absolute atomic E-state index is 0.454. The van der Waals surface area contributed by atoms with Crippen LogP contribution >= 0.6 is 0 Å². The zero-order chi connectivity index (χ0) is 22.3. The van der Waals surface area contributed by atoms with Gasteiger partial charge in [0.2, 0.25) is 0 Å². The van der Waals surface area contributed by atoms with E-state index in [1.807, 2.05) is 18.2 Å². The Balaban J connectivity index is 1.14. The number of nitrogens with zero attached hydrogens (tertiary/aromatic N) is 3. The molecule has 4 heteroatoms. The molecular weight excluding hydrogens is 404 g/mol. The van der Waals surface area contributed by atoms with Crippen molar-refractivity contribution in [1.29, 1.82) is 0 Å². The zero-order valence-corrected chi connectivity index (χ0v) is 19.1. The summed E-state index contributed by atoms with van der Waals surface area (Å²) in [6.07, 6.45) is 4.59. The number of hydrogen-bond acceptors (Lipinski definition) is 3. The molecular formula is C29H32N4. The SMILES string of the molecule is c1ccc(-c2n[nH]c(CC3CCN(CCC(c4ccccc4)c4ccccc4)CC3)n2)cc1. The second-order valence-corrected chi connectivity index (χ2v) is 9.12. The number of hydrogen-bond donors (Lipinski definition) is 1. The fraction of sp³-hybridized carbons (Fsp3) is 0.310. The molecule has 0 atom stereocenters. The van der Waals surface area contributed by atoms with E-state index in [0.29, 0.717) is 11.8 Å². The number of rotatable bonds is 8. The highest BCUT2D eigenvalue weighted by Gasteiger charge is 2.22. The molecule has 1 N–H and O–H groups in total. The quantitative estimate of drug-likeness (QED) is 0.371. The number of aromatic amines is 1. The zero-order valence-electron chi connectivity index (χ0n) is 19.1. The molecule has 4 nitrogen and oxygen atoms in total. The van der Waals surface area contributed by atoms with Crippen molar-refractivity contribution in [2.45, 2.75) is 31.6 Å². The molecule has 0 spiro atoms. The number of piperidine rings is 1. The third-order valence-corrected chi connectivity index (χ3v) is 6.89. The molecule has 1 aliphatic heterocycles. The van der Waals surface area contributed by atoms with Crippen LogP contribution in [-0.2, 0) is 6.42 Å². The van der Waals surface area contributed by atoms with E-state index >= 15 is 0 Å². The van der Waals surface area contributed by atoms with Crippen molar-refractivity contribution in [2.24, 2.45) is 5.92 Å². The Kier molecular flexibility index (Phi) is 6.93. The highest BCUT2D eigenvalue weighted by molar-refractivity contribution is 5.53. The molecule has 33 heavy (non-hydrogen) atoms. The lowest BCUT2D eigenvalue weighted by molar-refractivity contribution is 0.179. The van der Waals surface area contributed by atoms with Gasteiger partial charge in [-0.15, -0.1) is 0 Å². The smallest absolute Gasteiger partial charge is 0.181 e. The lowest BCUT2D eigenvalue weighted by Crippen LogP contribution is -2.35. The fourth-order valence-electron chi connectivity index (χ4n) is 5.00. The van der Waals surface area contributed by atoms with Crippen molar-refractivity contribution in [2.75, 3.05) is 19.6 Å². The van der Waals surface area contributed by atoms with E-state index in [-0.39, 0.29) is 0 Å². The lowest BCUT2D eigenvalue weighted by atomic mass is 9.87. The van der Waals surface area contributed by atoms with Gasteiger partial charge in [0.15, 0.2) is 5.82 Å². The van der Waals surface area contributed by atoms with E-state index in [1.54, 1.807) is 0 Å². The highest BCUT2D eigenvalue weighted by Crippen LogP contribution is 2.29. The van der Waals surface area contributed by atoms with Crippen molar-refractivity contribution in [3.05, 3.63) is 108 Å². The Hall–Kier alpha value is -3.24. The van der Waals surface area contributed by atoms with Crippen LogP contribution in [0.2, 0.25) is 0 Å². The normalized spacial score (nSPS) is 15.2. The van der Waals surface area contributed by atoms with E-state index in [1.165, 1.54) is 37.1 Å². The molecule has 1 fully saturated rings. The molecule has 5 rings (SSSR count). The molecule has 1 aliphatic rings. The monoisotopic (exact) mass is 436 g/mol. The Labute approximate surface area is 196 Å². The van der Waals surface area contributed by atoms with Gasteiger partial charge in [0.25, 0.3) is 0 Å². The first-order valence-electron chi connectivity index (χ1n) is 12.1. The summed E-state index contributed by atoms with van der Waals surface area (Å²) >= 11 is 0. The average Bonchev–Trinajstić information content (AvgIpc) is 3.36. The van der Waals surface area contributed by atoms with Crippen molar-refractivity contribution in [3.63, 3.8) is 0 Å². The van der Waals surface area contributed by atoms with Crippen LogP contribution in [0.1, 0.15) is 42.1 Å². The van der Waals surface area contributed by atoms with Gasteiger partial charge in [-0.05, 0) is 55.9 Å². The summed E-state index contributed by atoms with van der Waals surface area (Å²) in [6, 6.07) is 32.1. The van der Waals surface area contributed by atoms with Crippen molar-refractivity contribution < 1.29 is 0 Å². The first-order valence-corrected chi connectivity index (χ1v) is 12.1. The van der Waals surface area contributed by atoms with Gasteiger partial charge in [-0.2, -0.15) is 5.10 Å². The molecule has 0 bridgehead atoms. The van der Waals surface area contributed by atoms with Crippen molar-refractivity contribution in [1.82, 2.24) is 20.1 Å². The van der Waals surface area contributed by atoms with Crippen LogP contribution in [0.4, 0.5) is 0 Å². The standard InChI is InChI=1S/C29H32N4/c1-4-10-24(11-5-1)27(25-12-6-2-7-13-25)18-21-33-19-16-23(17-20-33)22-28-30-29(32-31-28)26-14-8-3-9-15-26/h1-15,23,27H,16-22H2,(H,30,31,32). The van der Waals surface area contributed by atoms with Crippen LogP contribution in [0.25, 0.3) is 11.4 Å². The van der Waals surface area contributed by atoms with Gasteiger partial charge in [0.1, 0.15) is 5.82 Å². The molecule has 0 radical (unpaired) electrons. The number of benzene rings is 3. The van der Waals surface area contributed by atoms with Crippen LogP contribution in [0.15, 0.2) is 91.0 Å². The van der Waals surface area contributed by atoms with Gasteiger partial charge in [0, 0.05) is 17.9 Å². The summed E-state index contributed by atoms with van der Waals surface area (Å²) in [6.45, 7) is 3.48. The van der Waals surface area contributed by atoms with E-state index in [2.05, 4.69) is 87.9 Å². The Morgan fingerprint density at radius 1 is 0.788 bits per heavy atom. The largest absolute Gasteiger partial charge is 0.303 e. The molecule has 3 aromatic carbocycles. The van der Waals surface area contributed by atoms with Gasteiger partial charge in [-0.3, -0.25) is 5.10 Å². The summed E-state index contributed by atoms with van der Waals surface area (Å²) in [5, 5.41) is 7.59. The molecule has 0 amide bonds. The lowest BCUT2D eigenvalue weighted by Gasteiger charge is -2.32. The molecule has 1 aromatic heterocycles. The van der Waals surface area contributed by atoms with Crippen LogP contribution in [0, 0.1) is 5.92 Å². The first kappa shape index (κ1) is 21.6. The minimum atomic E-state index is 0.454. The maximum atomic E-state index is 4.74. The maximum Gasteiger partial charge on any atom is 0.181 e. The summed E-state index contributed by atoms with van der Waals surface area (Å²) < 4.78 is 0. The second-order valence-electron chi connectivity index (χ2n) is 9.12. The number of nitrogens with one attached hydrogen (secondary N) is 1. The van der Waals surface area contributed by atoms with E-state index in [0.717, 1.165) is 36.6 Å². The van der Waals surface area contributed by atoms with E-state index in [9.17, 15) is 0 Å². The van der Waals surface area contributed by atoms with Crippen molar-refractivity contribution >= 4 is 0 Å². The molecule has 4 aromatic rings. The third-order valence-electron chi connectivity index (χ3n) is 6.89. The van der Waals surface area contributed by atoms with Gasteiger partial charge in [-0.1, -0.05) is 91.0 Å². The predicted molar refractivity (Wildman–Crippen MR) is 134 cm³/mol. The third kappa shape index (κ3) is 5.58. The fourth-order valence-corrected chi connectivity index (χ4v) is 5.00. The van der Waals surface area contributed by atoms with E-state index < -0.39 is 0 Å². The summed E-state index contributed by atoms with van der Waals surface area (Å²) in [5.74, 6) is 2.95. The van der Waals surface area contributed by atoms with Gasteiger partial charge in [0.05, 0.1) is 0 Å². The van der Waals surface area contributed by atoms with Crippen LogP contribution in [0.3, 0.4) is 0 Å². The molecule has 2 heterocycles. The number of likely N-dealkylation sites (tertiary alicyclic amines) is 1. The molecule has 0 saturated carbocycles. The molecule has 168 valence electrons. The minimum Gasteiger partial charge on any atom is -0.303 e. The van der Waals surface area contributed by atoms with Gasteiger partial charge < -0.3 is 4.90 Å². The summed E-state index contributed by atoms with van der Waals surface area (Å²) in [7, 11) is 0. The van der Waals surface area contributed by atoms with E-state index in [4.69, 9.17) is 4.98 Å². The Morgan fingerprint density at radius 2 is 1.36 bits per heavy atom. The molecule has 0 unspecified atom stereocenters. The molecule has 1 saturated heterocycles. The number of aromatic nitrogens is 3. The summed E-state index contributed by atoms with van der Waals surface area (Å²) in [4.78, 5) is 7.38. The Morgan fingerprint density at radius 3 is 1.97 bits per heavy atom. The van der Waals surface area contributed by atoms with Crippen molar-refractivity contribution in [3.8, 4) is 11.4 Å². The highest BCUT2D eigenvalue weighted by atomic mass is 15.2. The topological polar surface area (TPSA) is 44.8 Å². The second kappa shape index (κ2) is 10.6. The maximum absolute atomic E-state index is 4.74. The van der Waals surface area contributed by atoms with Crippen LogP contribution < -0.4 is 0 Å². The Bertz CT molecular complexity index is 1060. The molecule has 0 aliphatic carbocycles. The summed E-state index contributed by atoms with van der Waals surface area (Å²) in [5.41, 5.74) is 3.90. The van der Waals surface area contributed by atoms with Gasteiger partial charge in [-0.25, -0.2) is 4.98 Å². The van der Waals surface area contributed by atoms with Crippen LogP contribution in [0.5, 0.6) is 0 Å². The first-order chi connectivity index (χ1) is 16.3. The van der Waals surface area contributed by atoms with Gasteiger partial charge >= 0.3 is 0 Å². The number of H-pyrrole nitrogens is 1. The van der Waals surface area contributed by atoms with Crippen LogP contribution in [-0.4, -0.2) is 39.7 Å².